The molecule has 0 radical (unpaired) electrons. The number of pyridine rings is 1. The van der Waals surface area contributed by atoms with Crippen LogP contribution in [-0.4, -0.2) is 23.3 Å². The molecule has 0 aliphatic rings. The van der Waals surface area contributed by atoms with Gasteiger partial charge in [0.25, 0.3) is 0 Å². The molecule has 0 aliphatic heterocycles. The lowest BCUT2D eigenvalue weighted by molar-refractivity contribution is 0.190. The molecule has 2 heterocycles. The van der Waals surface area contributed by atoms with Gasteiger partial charge in [-0.3, -0.25) is 4.98 Å². The van der Waals surface area contributed by atoms with E-state index >= 15 is 0 Å². The standard InChI is InChI=1S/C18H19N3OS/c1-22-12-6-11-21-17(15-7-3-2-4-8-15)14-23-18(21)20-16-9-5-10-19-13-16/h2-5,7-10,13-14H,6,11-12H2,1H3. The molecule has 0 fully saturated rings. The monoisotopic (exact) mass is 325 g/mol. The van der Waals surface area contributed by atoms with Gasteiger partial charge in [0, 0.05) is 31.8 Å². The lowest BCUT2D eigenvalue weighted by Gasteiger charge is -2.09. The fourth-order valence-electron chi connectivity index (χ4n) is 2.37. The number of rotatable bonds is 6. The predicted molar refractivity (Wildman–Crippen MR) is 93.7 cm³/mol. The number of methoxy groups -OCH3 is 1. The zero-order valence-electron chi connectivity index (χ0n) is 13.1. The Bertz CT molecular complexity index is 794. The SMILES string of the molecule is COCCCn1c(-c2ccccc2)csc1=Nc1cccnc1. The maximum atomic E-state index is 5.19. The van der Waals surface area contributed by atoms with Crippen LogP contribution in [0.15, 0.2) is 65.2 Å². The van der Waals surface area contributed by atoms with Crippen molar-refractivity contribution in [2.45, 2.75) is 13.0 Å². The summed E-state index contributed by atoms with van der Waals surface area (Å²) in [5, 5.41) is 2.16. The van der Waals surface area contributed by atoms with Gasteiger partial charge in [-0.05, 0) is 24.1 Å². The van der Waals surface area contributed by atoms with E-state index in [9.17, 15) is 0 Å². The highest BCUT2D eigenvalue weighted by Gasteiger charge is 2.07. The predicted octanol–water partition coefficient (Wildman–Crippen LogP) is 3.88. The summed E-state index contributed by atoms with van der Waals surface area (Å²) in [5.41, 5.74) is 3.26. The molecule has 0 unspecified atom stereocenters. The fourth-order valence-corrected chi connectivity index (χ4v) is 3.33. The van der Waals surface area contributed by atoms with Crippen LogP contribution in [0.3, 0.4) is 0 Å². The molecule has 0 saturated heterocycles. The summed E-state index contributed by atoms with van der Waals surface area (Å²) in [6, 6.07) is 14.3. The second-order valence-electron chi connectivity index (χ2n) is 5.09. The van der Waals surface area contributed by atoms with Crippen LogP contribution in [-0.2, 0) is 11.3 Å². The molecule has 0 aliphatic carbocycles. The van der Waals surface area contributed by atoms with Crippen molar-refractivity contribution in [1.29, 1.82) is 0 Å². The molecule has 0 bridgehead atoms. The van der Waals surface area contributed by atoms with Crippen molar-refractivity contribution in [2.75, 3.05) is 13.7 Å². The summed E-state index contributed by atoms with van der Waals surface area (Å²) in [6.07, 6.45) is 4.49. The number of thiazole rings is 1. The minimum absolute atomic E-state index is 0.739. The van der Waals surface area contributed by atoms with E-state index in [0.717, 1.165) is 30.1 Å². The molecule has 3 rings (SSSR count). The molecule has 1 aromatic carbocycles. The lowest BCUT2D eigenvalue weighted by atomic mass is 10.2. The molecule has 5 heteroatoms. The van der Waals surface area contributed by atoms with E-state index in [1.807, 2.05) is 18.2 Å². The maximum absolute atomic E-state index is 5.19. The molecule has 0 spiro atoms. The van der Waals surface area contributed by atoms with Gasteiger partial charge in [-0.15, -0.1) is 11.3 Å². The van der Waals surface area contributed by atoms with Crippen molar-refractivity contribution < 1.29 is 4.74 Å². The summed E-state index contributed by atoms with van der Waals surface area (Å²) in [5.74, 6) is 0. The van der Waals surface area contributed by atoms with E-state index < -0.39 is 0 Å². The minimum atomic E-state index is 0.739. The molecule has 23 heavy (non-hydrogen) atoms. The van der Waals surface area contributed by atoms with E-state index in [0.29, 0.717) is 0 Å². The van der Waals surface area contributed by atoms with Crippen molar-refractivity contribution in [3.05, 3.63) is 65.0 Å². The Balaban J connectivity index is 2.02. The van der Waals surface area contributed by atoms with Gasteiger partial charge >= 0.3 is 0 Å². The summed E-state index contributed by atoms with van der Waals surface area (Å²) < 4.78 is 7.45. The zero-order chi connectivity index (χ0) is 15.9. The summed E-state index contributed by atoms with van der Waals surface area (Å²) in [7, 11) is 1.73. The van der Waals surface area contributed by atoms with Crippen LogP contribution in [0.25, 0.3) is 11.3 Å². The maximum Gasteiger partial charge on any atom is 0.190 e. The number of hydrogen-bond acceptors (Lipinski definition) is 4. The molecule has 118 valence electrons. The normalized spacial score (nSPS) is 11.8. The third kappa shape index (κ3) is 3.94. The quantitative estimate of drug-likeness (QED) is 0.645. The van der Waals surface area contributed by atoms with Gasteiger partial charge in [0.15, 0.2) is 4.80 Å². The van der Waals surface area contributed by atoms with Gasteiger partial charge in [-0.25, -0.2) is 4.99 Å². The second-order valence-corrected chi connectivity index (χ2v) is 5.93. The third-order valence-electron chi connectivity index (χ3n) is 3.47. The Kier molecular flexibility index (Phi) is 5.34. The molecular formula is C18H19N3OS. The Hall–Kier alpha value is -2.24. The lowest BCUT2D eigenvalue weighted by Crippen LogP contribution is -2.17. The van der Waals surface area contributed by atoms with Crippen LogP contribution < -0.4 is 4.80 Å². The van der Waals surface area contributed by atoms with Crippen molar-refractivity contribution in [2.24, 2.45) is 4.99 Å². The van der Waals surface area contributed by atoms with Gasteiger partial charge in [0.1, 0.15) is 0 Å². The van der Waals surface area contributed by atoms with Crippen LogP contribution in [0.2, 0.25) is 0 Å². The topological polar surface area (TPSA) is 39.4 Å². The van der Waals surface area contributed by atoms with Gasteiger partial charge in [0.2, 0.25) is 0 Å². The number of benzene rings is 1. The highest BCUT2D eigenvalue weighted by Crippen LogP contribution is 2.20. The van der Waals surface area contributed by atoms with Crippen molar-refractivity contribution in [1.82, 2.24) is 9.55 Å². The average Bonchev–Trinajstić information content (AvgIpc) is 3.00. The third-order valence-corrected chi connectivity index (χ3v) is 4.33. The van der Waals surface area contributed by atoms with Gasteiger partial charge in [-0.1, -0.05) is 30.3 Å². The Morgan fingerprint density at radius 1 is 1.17 bits per heavy atom. The molecular weight excluding hydrogens is 306 g/mol. The fraction of sp³-hybridized carbons (Fsp3) is 0.222. The number of nitrogens with zero attached hydrogens (tertiary/aromatic N) is 3. The van der Waals surface area contributed by atoms with E-state index in [2.05, 4.69) is 39.2 Å². The van der Waals surface area contributed by atoms with Gasteiger partial charge in [0.05, 0.1) is 17.6 Å². The van der Waals surface area contributed by atoms with Gasteiger partial charge < -0.3 is 9.30 Å². The van der Waals surface area contributed by atoms with Crippen LogP contribution >= 0.6 is 11.3 Å². The molecule has 0 atom stereocenters. The molecule has 4 nitrogen and oxygen atoms in total. The summed E-state index contributed by atoms with van der Waals surface area (Å²) >= 11 is 1.65. The first-order chi connectivity index (χ1) is 11.4. The largest absolute Gasteiger partial charge is 0.385 e. The number of hydrogen-bond donors (Lipinski definition) is 0. The molecule has 0 amide bonds. The van der Waals surface area contributed by atoms with E-state index in [1.54, 1.807) is 30.8 Å². The van der Waals surface area contributed by atoms with Crippen LogP contribution in [0, 0.1) is 0 Å². The molecule has 0 saturated carbocycles. The second kappa shape index (κ2) is 7.85. The van der Waals surface area contributed by atoms with E-state index in [1.165, 1.54) is 11.3 Å². The highest BCUT2D eigenvalue weighted by atomic mass is 32.1. The Labute approximate surface area is 139 Å². The van der Waals surface area contributed by atoms with Crippen LogP contribution in [0.5, 0.6) is 0 Å². The first-order valence-corrected chi connectivity index (χ1v) is 8.44. The number of ether oxygens (including phenoxy) is 1. The van der Waals surface area contributed by atoms with Gasteiger partial charge in [-0.2, -0.15) is 0 Å². The zero-order valence-corrected chi connectivity index (χ0v) is 13.9. The smallest absolute Gasteiger partial charge is 0.190 e. The van der Waals surface area contributed by atoms with Crippen molar-refractivity contribution in [3.8, 4) is 11.3 Å². The minimum Gasteiger partial charge on any atom is -0.385 e. The first-order valence-electron chi connectivity index (χ1n) is 7.56. The Morgan fingerprint density at radius 3 is 2.78 bits per heavy atom. The average molecular weight is 325 g/mol. The highest BCUT2D eigenvalue weighted by molar-refractivity contribution is 7.07. The summed E-state index contributed by atoms with van der Waals surface area (Å²) in [4.78, 5) is 9.86. The molecule has 2 aromatic heterocycles. The van der Waals surface area contributed by atoms with Crippen molar-refractivity contribution >= 4 is 17.0 Å². The van der Waals surface area contributed by atoms with E-state index in [-0.39, 0.29) is 0 Å². The number of aromatic nitrogens is 2. The first kappa shape index (κ1) is 15.6. The van der Waals surface area contributed by atoms with E-state index in [4.69, 9.17) is 9.73 Å². The molecule has 0 N–H and O–H groups in total. The summed E-state index contributed by atoms with van der Waals surface area (Å²) in [6.45, 7) is 1.62. The Morgan fingerprint density at radius 2 is 2.04 bits per heavy atom. The molecule has 3 aromatic rings. The van der Waals surface area contributed by atoms with Crippen LogP contribution in [0.1, 0.15) is 6.42 Å². The van der Waals surface area contributed by atoms with Crippen LogP contribution in [0.4, 0.5) is 5.69 Å². The van der Waals surface area contributed by atoms with Crippen molar-refractivity contribution in [3.63, 3.8) is 0 Å².